The topological polar surface area (TPSA) is 16.1 Å². The highest BCUT2D eigenvalue weighted by molar-refractivity contribution is 6.30. The Morgan fingerprint density at radius 1 is 1.14 bits per heavy atom. The number of aryl methyl sites for hydroxylation is 1. The van der Waals surface area contributed by atoms with Crippen molar-refractivity contribution < 1.29 is 0 Å². The molecule has 3 rings (SSSR count). The Bertz CT molecular complexity index is 570. The molecule has 1 unspecified atom stereocenters. The van der Waals surface area contributed by atoms with Crippen molar-refractivity contribution >= 4 is 11.6 Å². The van der Waals surface area contributed by atoms with E-state index in [1.54, 1.807) is 6.20 Å². The van der Waals surface area contributed by atoms with Crippen molar-refractivity contribution in [2.45, 2.75) is 38.3 Å². The molecule has 21 heavy (non-hydrogen) atoms. The van der Waals surface area contributed by atoms with Crippen LogP contribution in [0.2, 0.25) is 5.15 Å². The molecular weight excluding hydrogens is 280 g/mol. The normalized spacial score (nSPS) is 19.0. The first kappa shape index (κ1) is 14.6. The van der Waals surface area contributed by atoms with Crippen LogP contribution < -0.4 is 0 Å². The molecule has 1 aromatic carbocycles. The van der Waals surface area contributed by atoms with Gasteiger partial charge in [0.1, 0.15) is 5.15 Å². The molecule has 0 amide bonds. The largest absolute Gasteiger partial charge is 0.296 e. The molecule has 1 fully saturated rings. The second kappa shape index (κ2) is 7.06. The van der Waals surface area contributed by atoms with E-state index in [-0.39, 0.29) is 0 Å². The van der Waals surface area contributed by atoms with Gasteiger partial charge in [-0.2, -0.15) is 0 Å². The summed E-state index contributed by atoms with van der Waals surface area (Å²) in [5.74, 6) is 0. The average Bonchev–Trinajstić information content (AvgIpc) is 2.96. The monoisotopic (exact) mass is 300 g/mol. The maximum Gasteiger partial charge on any atom is 0.133 e. The van der Waals surface area contributed by atoms with Crippen LogP contribution in [-0.4, -0.2) is 22.5 Å². The van der Waals surface area contributed by atoms with Crippen molar-refractivity contribution in [3.63, 3.8) is 0 Å². The summed E-state index contributed by atoms with van der Waals surface area (Å²) >= 11 is 6.19. The molecule has 0 spiro atoms. The van der Waals surface area contributed by atoms with E-state index in [4.69, 9.17) is 11.6 Å². The van der Waals surface area contributed by atoms with Crippen molar-refractivity contribution in [1.29, 1.82) is 0 Å². The molecule has 0 radical (unpaired) electrons. The molecule has 0 aliphatic carbocycles. The molecular formula is C18H21ClN2. The molecule has 1 saturated heterocycles. The molecule has 1 atom stereocenters. The molecule has 0 bridgehead atoms. The van der Waals surface area contributed by atoms with Gasteiger partial charge in [0, 0.05) is 24.3 Å². The highest BCUT2D eigenvalue weighted by Crippen LogP contribution is 2.25. The van der Waals surface area contributed by atoms with Crippen LogP contribution in [0.1, 0.15) is 30.4 Å². The molecule has 3 heteroatoms. The van der Waals surface area contributed by atoms with Crippen LogP contribution in [0.15, 0.2) is 48.7 Å². The van der Waals surface area contributed by atoms with E-state index >= 15 is 0 Å². The summed E-state index contributed by atoms with van der Waals surface area (Å²) < 4.78 is 0. The predicted octanol–water partition coefficient (Wildman–Crippen LogP) is 4.33. The quantitative estimate of drug-likeness (QED) is 0.764. The first-order chi connectivity index (χ1) is 10.3. The van der Waals surface area contributed by atoms with E-state index in [9.17, 15) is 0 Å². The van der Waals surface area contributed by atoms with Crippen LogP contribution in [0.3, 0.4) is 0 Å². The van der Waals surface area contributed by atoms with E-state index in [0.29, 0.717) is 11.2 Å². The van der Waals surface area contributed by atoms with Crippen molar-refractivity contribution in [1.82, 2.24) is 9.88 Å². The second-order valence-corrected chi connectivity index (χ2v) is 6.10. The fraction of sp³-hybridized carbons (Fsp3) is 0.389. The molecule has 2 nitrogen and oxygen atoms in total. The molecule has 0 saturated carbocycles. The lowest BCUT2D eigenvalue weighted by Crippen LogP contribution is -2.29. The first-order valence-electron chi connectivity index (χ1n) is 7.70. The standard InChI is InChI=1S/C18H21ClN2/c19-18-16(8-4-12-20-18)14-21-13-5-9-17(21)11-10-15-6-2-1-3-7-15/h1-4,6-8,12,17H,5,9-11,13-14H2. The third kappa shape index (κ3) is 3.84. The summed E-state index contributed by atoms with van der Waals surface area (Å²) in [6.45, 7) is 2.09. The minimum absolute atomic E-state index is 0.645. The molecule has 0 N–H and O–H groups in total. The third-order valence-corrected chi connectivity index (χ3v) is 4.66. The van der Waals surface area contributed by atoms with Gasteiger partial charge in [0.15, 0.2) is 0 Å². The van der Waals surface area contributed by atoms with Gasteiger partial charge in [0.25, 0.3) is 0 Å². The Morgan fingerprint density at radius 3 is 2.81 bits per heavy atom. The Balaban J connectivity index is 1.59. The van der Waals surface area contributed by atoms with E-state index < -0.39 is 0 Å². The van der Waals surface area contributed by atoms with Crippen LogP contribution >= 0.6 is 11.6 Å². The van der Waals surface area contributed by atoms with Crippen molar-refractivity contribution in [2.75, 3.05) is 6.54 Å². The lowest BCUT2D eigenvalue weighted by molar-refractivity contribution is 0.234. The fourth-order valence-electron chi connectivity index (χ4n) is 3.16. The second-order valence-electron chi connectivity index (χ2n) is 5.74. The maximum atomic E-state index is 6.19. The molecule has 1 aliphatic heterocycles. The number of halogens is 1. The number of rotatable bonds is 5. The molecule has 2 aromatic rings. The fourth-order valence-corrected chi connectivity index (χ4v) is 3.34. The van der Waals surface area contributed by atoms with Gasteiger partial charge in [-0.3, -0.25) is 4.90 Å². The van der Waals surface area contributed by atoms with E-state index in [0.717, 1.165) is 18.5 Å². The summed E-state index contributed by atoms with van der Waals surface area (Å²) in [5, 5.41) is 0.645. The maximum absolute atomic E-state index is 6.19. The van der Waals surface area contributed by atoms with Crippen LogP contribution in [-0.2, 0) is 13.0 Å². The Morgan fingerprint density at radius 2 is 2.00 bits per heavy atom. The minimum atomic E-state index is 0.645. The van der Waals surface area contributed by atoms with Gasteiger partial charge in [-0.05, 0) is 43.9 Å². The summed E-state index contributed by atoms with van der Waals surface area (Å²) in [7, 11) is 0. The zero-order valence-electron chi connectivity index (χ0n) is 12.2. The molecule has 1 aromatic heterocycles. The van der Waals surface area contributed by atoms with Gasteiger partial charge in [-0.15, -0.1) is 0 Å². The van der Waals surface area contributed by atoms with Crippen LogP contribution in [0.25, 0.3) is 0 Å². The highest BCUT2D eigenvalue weighted by Gasteiger charge is 2.24. The Kier molecular flexibility index (Phi) is 4.89. The number of nitrogens with zero attached hydrogens (tertiary/aromatic N) is 2. The summed E-state index contributed by atoms with van der Waals surface area (Å²) in [5.41, 5.74) is 2.58. The molecule has 110 valence electrons. The smallest absolute Gasteiger partial charge is 0.133 e. The first-order valence-corrected chi connectivity index (χ1v) is 8.08. The number of benzene rings is 1. The lowest BCUT2D eigenvalue weighted by Gasteiger charge is -2.24. The van der Waals surface area contributed by atoms with Crippen molar-refractivity contribution in [3.8, 4) is 0 Å². The van der Waals surface area contributed by atoms with E-state index in [2.05, 4.69) is 46.3 Å². The van der Waals surface area contributed by atoms with E-state index in [1.165, 1.54) is 31.4 Å². The predicted molar refractivity (Wildman–Crippen MR) is 87.4 cm³/mol. The van der Waals surface area contributed by atoms with Crippen LogP contribution in [0.5, 0.6) is 0 Å². The van der Waals surface area contributed by atoms with Gasteiger partial charge < -0.3 is 0 Å². The third-order valence-electron chi connectivity index (χ3n) is 4.32. The van der Waals surface area contributed by atoms with Gasteiger partial charge in [0.2, 0.25) is 0 Å². The minimum Gasteiger partial charge on any atom is -0.296 e. The number of hydrogen-bond donors (Lipinski definition) is 0. The number of likely N-dealkylation sites (tertiary alicyclic amines) is 1. The van der Waals surface area contributed by atoms with Gasteiger partial charge >= 0.3 is 0 Å². The Labute approximate surface area is 131 Å². The number of hydrogen-bond acceptors (Lipinski definition) is 2. The zero-order chi connectivity index (χ0) is 14.5. The summed E-state index contributed by atoms with van der Waals surface area (Å²) in [4.78, 5) is 6.74. The molecule has 1 aliphatic rings. The van der Waals surface area contributed by atoms with Crippen molar-refractivity contribution in [3.05, 3.63) is 64.9 Å². The van der Waals surface area contributed by atoms with Crippen LogP contribution in [0.4, 0.5) is 0 Å². The SMILES string of the molecule is Clc1ncccc1CN1CCCC1CCc1ccccc1. The van der Waals surface area contributed by atoms with Crippen molar-refractivity contribution in [2.24, 2.45) is 0 Å². The van der Waals surface area contributed by atoms with Crippen LogP contribution in [0, 0.1) is 0 Å². The lowest BCUT2D eigenvalue weighted by atomic mass is 10.0. The van der Waals surface area contributed by atoms with Gasteiger partial charge in [-0.1, -0.05) is 48.0 Å². The number of pyridine rings is 1. The molecule has 2 heterocycles. The van der Waals surface area contributed by atoms with Gasteiger partial charge in [0.05, 0.1) is 0 Å². The number of aromatic nitrogens is 1. The van der Waals surface area contributed by atoms with E-state index in [1.807, 2.05) is 6.07 Å². The zero-order valence-corrected chi connectivity index (χ0v) is 13.0. The summed E-state index contributed by atoms with van der Waals surface area (Å²) in [6, 6.07) is 15.5. The average molecular weight is 301 g/mol. The van der Waals surface area contributed by atoms with Gasteiger partial charge in [-0.25, -0.2) is 4.98 Å². The summed E-state index contributed by atoms with van der Waals surface area (Å²) in [6.07, 6.45) is 6.72. The Hall–Kier alpha value is -1.38. The highest BCUT2D eigenvalue weighted by atomic mass is 35.5.